The fraction of sp³-hybridized carbons (Fsp3) is 0.238. The van der Waals surface area contributed by atoms with E-state index in [1.807, 2.05) is 47.0 Å². The van der Waals surface area contributed by atoms with E-state index in [0.717, 1.165) is 40.2 Å². The lowest BCUT2D eigenvalue weighted by atomic mass is 9.93. The van der Waals surface area contributed by atoms with Gasteiger partial charge in [-0.1, -0.05) is 49.4 Å². The Balaban J connectivity index is 2.07. The van der Waals surface area contributed by atoms with E-state index in [0.29, 0.717) is 13.0 Å². The molecule has 4 rings (SSSR count). The number of fused-ring (bicyclic) bond motifs is 5. The Morgan fingerprint density at radius 2 is 1.72 bits per heavy atom. The Hall–Kier alpha value is -2.88. The van der Waals surface area contributed by atoms with Gasteiger partial charge in [-0.15, -0.1) is 0 Å². The third-order valence-electron chi connectivity index (χ3n) is 4.83. The second kappa shape index (κ2) is 6.20. The number of nitrogens with zero attached hydrogens (tertiary/aromatic N) is 3. The van der Waals surface area contributed by atoms with Crippen molar-refractivity contribution in [1.82, 2.24) is 9.78 Å². The molecule has 25 heavy (non-hydrogen) atoms. The predicted octanol–water partition coefficient (Wildman–Crippen LogP) is 4.49. The van der Waals surface area contributed by atoms with Crippen LogP contribution in [0, 0.1) is 0 Å². The molecule has 0 bridgehead atoms. The number of rotatable bonds is 2. The van der Waals surface area contributed by atoms with Gasteiger partial charge in [0.15, 0.2) is 0 Å². The number of benzene rings is 2. The van der Waals surface area contributed by atoms with E-state index in [9.17, 15) is 4.79 Å². The molecule has 0 atom stereocenters. The van der Waals surface area contributed by atoms with Crippen LogP contribution in [0.25, 0.3) is 22.4 Å². The lowest BCUT2D eigenvalue weighted by Gasteiger charge is -2.28. The fourth-order valence-electron chi connectivity index (χ4n) is 3.60. The highest BCUT2D eigenvalue weighted by atomic mass is 16.2. The third kappa shape index (κ3) is 2.45. The van der Waals surface area contributed by atoms with Gasteiger partial charge in [0.25, 0.3) is 0 Å². The highest BCUT2D eigenvalue weighted by Crippen LogP contribution is 2.42. The minimum Gasteiger partial charge on any atom is -0.307 e. The predicted molar refractivity (Wildman–Crippen MR) is 100 cm³/mol. The summed E-state index contributed by atoms with van der Waals surface area (Å²) in [6.07, 6.45) is 2.41. The fourth-order valence-corrected chi connectivity index (χ4v) is 3.60. The molecule has 0 unspecified atom stereocenters. The molecule has 1 amide bonds. The Kier molecular flexibility index (Phi) is 3.88. The minimum atomic E-state index is 0.133. The topological polar surface area (TPSA) is 38.1 Å². The van der Waals surface area contributed by atoms with E-state index in [1.165, 1.54) is 0 Å². The molecule has 1 aromatic heterocycles. The molecule has 126 valence electrons. The average molecular weight is 331 g/mol. The second-order valence-electron chi connectivity index (χ2n) is 6.23. The number of hydrogen-bond acceptors (Lipinski definition) is 2. The first-order valence-corrected chi connectivity index (χ1v) is 8.78. The van der Waals surface area contributed by atoms with E-state index in [2.05, 4.69) is 36.3 Å². The van der Waals surface area contributed by atoms with Crippen molar-refractivity contribution in [3.8, 4) is 22.4 Å². The van der Waals surface area contributed by atoms with E-state index in [4.69, 9.17) is 0 Å². The van der Waals surface area contributed by atoms with Crippen LogP contribution in [0.15, 0.2) is 54.7 Å². The van der Waals surface area contributed by atoms with Gasteiger partial charge >= 0.3 is 0 Å². The standard InChI is InChI=1S/C21H21N3O/c1-3-20(25)23-14-15-9-5-6-10-16(15)21-18(13-22-24(21)4-2)17-11-7-8-12-19(17)23/h5-13H,3-4,14H2,1-2H3. The summed E-state index contributed by atoms with van der Waals surface area (Å²) in [6, 6.07) is 16.5. The Labute approximate surface area is 147 Å². The van der Waals surface area contributed by atoms with Gasteiger partial charge in [0, 0.05) is 29.7 Å². The van der Waals surface area contributed by atoms with E-state index >= 15 is 0 Å². The molecule has 0 saturated heterocycles. The van der Waals surface area contributed by atoms with Crippen LogP contribution in [0.4, 0.5) is 5.69 Å². The summed E-state index contributed by atoms with van der Waals surface area (Å²) in [5.74, 6) is 0.133. The molecule has 0 radical (unpaired) electrons. The van der Waals surface area contributed by atoms with Crippen LogP contribution in [0.5, 0.6) is 0 Å². The smallest absolute Gasteiger partial charge is 0.227 e. The number of carbonyl (C=O) groups excluding carboxylic acids is 1. The minimum absolute atomic E-state index is 0.133. The Morgan fingerprint density at radius 3 is 2.48 bits per heavy atom. The molecule has 0 aliphatic carbocycles. The first-order chi connectivity index (χ1) is 12.2. The van der Waals surface area contributed by atoms with Gasteiger partial charge in [0.1, 0.15) is 0 Å². The summed E-state index contributed by atoms with van der Waals surface area (Å²) in [5, 5.41) is 4.60. The van der Waals surface area contributed by atoms with Crippen molar-refractivity contribution in [1.29, 1.82) is 0 Å². The van der Waals surface area contributed by atoms with Crippen LogP contribution in [0.3, 0.4) is 0 Å². The number of carbonyl (C=O) groups is 1. The van der Waals surface area contributed by atoms with E-state index in [-0.39, 0.29) is 5.91 Å². The first-order valence-electron chi connectivity index (χ1n) is 8.78. The first kappa shape index (κ1) is 15.6. The molecule has 0 fully saturated rings. The summed E-state index contributed by atoms with van der Waals surface area (Å²) < 4.78 is 2.04. The highest BCUT2D eigenvalue weighted by molar-refractivity contribution is 6.00. The molecule has 1 aliphatic rings. The molecular formula is C21H21N3O. The summed E-state index contributed by atoms with van der Waals surface area (Å²) in [4.78, 5) is 14.6. The molecule has 0 N–H and O–H groups in total. The number of amides is 1. The van der Waals surface area contributed by atoms with Crippen molar-refractivity contribution in [2.45, 2.75) is 33.4 Å². The molecule has 0 saturated carbocycles. The quantitative estimate of drug-likeness (QED) is 0.694. The zero-order valence-electron chi connectivity index (χ0n) is 14.6. The van der Waals surface area contributed by atoms with Crippen LogP contribution >= 0.6 is 0 Å². The zero-order valence-corrected chi connectivity index (χ0v) is 14.6. The summed E-state index contributed by atoms with van der Waals surface area (Å²) in [6.45, 7) is 5.40. The Bertz CT molecular complexity index is 942. The maximum Gasteiger partial charge on any atom is 0.227 e. The van der Waals surface area contributed by atoms with Gasteiger partial charge in [0.05, 0.1) is 24.1 Å². The van der Waals surface area contributed by atoms with Crippen molar-refractivity contribution < 1.29 is 4.79 Å². The molecule has 3 aromatic rings. The Morgan fingerprint density at radius 1 is 1.00 bits per heavy atom. The maximum atomic E-state index is 12.7. The SMILES string of the molecule is CCC(=O)N1Cc2ccccc2-c2c(cnn2CC)-c2ccccc21. The van der Waals surface area contributed by atoms with Gasteiger partial charge in [-0.3, -0.25) is 9.48 Å². The van der Waals surface area contributed by atoms with Gasteiger partial charge < -0.3 is 4.90 Å². The highest BCUT2D eigenvalue weighted by Gasteiger charge is 2.26. The number of aryl methyl sites for hydroxylation is 1. The maximum absolute atomic E-state index is 12.7. The van der Waals surface area contributed by atoms with Gasteiger partial charge in [-0.05, 0) is 18.6 Å². The van der Waals surface area contributed by atoms with Crippen LogP contribution in [-0.4, -0.2) is 15.7 Å². The summed E-state index contributed by atoms with van der Waals surface area (Å²) >= 11 is 0. The van der Waals surface area contributed by atoms with Crippen LogP contribution < -0.4 is 4.90 Å². The lowest BCUT2D eigenvalue weighted by Crippen LogP contribution is -2.31. The van der Waals surface area contributed by atoms with Crippen LogP contribution in [0.2, 0.25) is 0 Å². The van der Waals surface area contributed by atoms with Crippen LogP contribution in [0.1, 0.15) is 25.8 Å². The molecule has 4 nitrogen and oxygen atoms in total. The van der Waals surface area contributed by atoms with Crippen molar-refractivity contribution >= 4 is 11.6 Å². The molecular weight excluding hydrogens is 310 g/mol. The lowest BCUT2D eigenvalue weighted by molar-refractivity contribution is -0.118. The van der Waals surface area contributed by atoms with Gasteiger partial charge in [-0.2, -0.15) is 5.10 Å². The summed E-state index contributed by atoms with van der Waals surface area (Å²) in [5.41, 5.74) is 6.54. The second-order valence-corrected chi connectivity index (χ2v) is 6.23. The van der Waals surface area contributed by atoms with Gasteiger partial charge in [-0.25, -0.2) is 0 Å². The number of anilines is 1. The molecule has 1 aliphatic heterocycles. The largest absolute Gasteiger partial charge is 0.307 e. The normalized spacial score (nSPS) is 12.6. The number of aromatic nitrogens is 2. The van der Waals surface area contributed by atoms with Crippen molar-refractivity contribution in [3.63, 3.8) is 0 Å². The van der Waals surface area contributed by atoms with Crippen molar-refractivity contribution in [2.24, 2.45) is 0 Å². The van der Waals surface area contributed by atoms with E-state index < -0.39 is 0 Å². The average Bonchev–Trinajstić information content (AvgIpc) is 3.08. The van der Waals surface area contributed by atoms with Crippen molar-refractivity contribution in [2.75, 3.05) is 4.90 Å². The van der Waals surface area contributed by atoms with Crippen LogP contribution in [-0.2, 0) is 17.9 Å². The summed E-state index contributed by atoms with van der Waals surface area (Å²) in [7, 11) is 0. The molecule has 2 aromatic carbocycles. The third-order valence-corrected chi connectivity index (χ3v) is 4.83. The van der Waals surface area contributed by atoms with Crippen molar-refractivity contribution in [3.05, 3.63) is 60.3 Å². The molecule has 0 spiro atoms. The molecule has 2 heterocycles. The monoisotopic (exact) mass is 331 g/mol. The van der Waals surface area contributed by atoms with E-state index in [1.54, 1.807) is 0 Å². The number of hydrogen-bond donors (Lipinski definition) is 0. The van der Waals surface area contributed by atoms with Gasteiger partial charge in [0.2, 0.25) is 5.91 Å². The molecule has 4 heteroatoms. The zero-order chi connectivity index (χ0) is 17.4. The number of para-hydroxylation sites is 1.